The van der Waals surface area contributed by atoms with Crippen LogP contribution in [-0.4, -0.2) is 53.7 Å². The number of nitrogens with zero attached hydrogens (tertiary/aromatic N) is 3. The van der Waals surface area contributed by atoms with Crippen molar-refractivity contribution in [2.45, 2.75) is 32.2 Å². The van der Waals surface area contributed by atoms with E-state index in [1.807, 2.05) is 6.21 Å². The number of nitrogens with one attached hydrogen (secondary N) is 2. The second-order valence-corrected chi connectivity index (χ2v) is 7.93. The summed E-state index contributed by atoms with van der Waals surface area (Å²) in [6.07, 6.45) is 8.34. The van der Waals surface area contributed by atoms with Gasteiger partial charge in [-0.2, -0.15) is 0 Å². The smallest absolute Gasteiger partial charge is 0.253 e. The third-order valence-electron chi connectivity index (χ3n) is 6.03. The molecule has 0 unspecified atom stereocenters. The van der Waals surface area contributed by atoms with Crippen LogP contribution < -0.4 is 10.9 Å². The maximum Gasteiger partial charge on any atom is 0.253 e. The molecule has 0 amide bonds. The molecule has 6 nitrogen and oxygen atoms in total. The van der Waals surface area contributed by atoms with E-state index in [4.69, 9.17) is 0 Å². The van der Waals surface area contributed by atoms with Crippen LogP contribution in [-0.2, 0) is 13.0 Å². The molecule has 0 bridgehead atoms. The third kappa shape index (κ3) is 3.33. The Hall–Kier alpha value is -2.60. The van der Waals surface area contributed by atoms with Gasteiger partial charge in [-0.1, -0.05) is 12.1 Å². The molecule has 1 fully saturated rings. The molecule has 146 valence electrons. The highest BCUT2D eigenvalue weighted by Gasteiger charge is 2.20. The van der Waals surface area contributed by atoms with Gasteiger partial charge in [0.25, 0.3) is 5.56 Å². The number of aromatic nitrogens is 1. The van der Waals surface area contributed by atoms with Crippen LogP contribution in [0.3, 0.4) is 0 Å². The molecule has 2 aromatic rings. The summed E-state index contributed by atoms with van der Waals surface area (Å²) >= 11 is 0. The summed E-state index contributed by atoms with van der Waals surface area (Å²) in [6, 6.07) is 6.51. The number of hydrogen-bond donors (Lipinski definition) is 2. The second-order valence-electron chi connectivity index (χ2n) is 7.93. The predicted molar refractivity (Wildman–Crippen MR) is 114 cm³/mol. The van der Waals surface area contributed by atoms with Gasteiger partial charge in [-0.3, -0.25) is 9.69 Å². The van der Waals surface area contributed by atoms with E-state index < -0.39 is 0 Å². The van der Waals surface area contributed by atoms with Crippen molar-refractivity contribution in [2.75, 3.05) is 38.0 Å². The number of piperazine rings is 1. The monoisotopic (exact) mass is 377 g/mol. The van der Waals surface area contributed by atoms with Crippen LogP contribution in [0.2, 0.25) is 0 Å². The molecule has 1 saturated heterocycles. The van der Waals surface area contributed by atoms with Crippen LogP contribution in [0.25, 0.3) is 10.9 Å². The van der Waals surface area contributed by atoms with E-state index in [-0.39, 0.29) is 5.56 Å². The van der Waals surface area contributed by atoms with Crippen molar-refractivity contribution in [3.8, 4) is 0 Å². The molecule has 1 aromatic heterocycles. The summed E-state index contributed by atoms with van der Waals surface area (Å²) < 4.78 is 0. The molecule has 0 atom stereocenters. The lowest BCUT2D eigenvalue weighted by Gasteiger charge is -2.36. The van der Waals surface area contributed by atoms with Gasteiger partial charge in [-0.15, -0.1) is 0 Å². The van der Waals surface area contributed by atoms with Crippen LogP contribution in [0.5, 0.6) is 0 Å². The number of anilines is 1. The number of benzene rings is 1. The van der Waals surface area contributed by atoms with Crippen LogP contribution in [0, 0.1) is 0 Å². The van der Waals surface area contributed by atoms with Crippen LogP contribution in [0.15, 0.2) is 39.9 Å². The summed E-state index contributed by atoms with van der Waals surface area (Å²) in [4.78, 5) is 25.0. The van der Waals surface area contributed by atoms with E-state index in [0.717, 1.165) is 92.9 Å². The Bertz CT molecular complexity index is 998. The molecule has 0 spiro atoms. The number of hydrogen-bond acceptors (Lipinski definition) is 5. The Balaban J connectivity index is 1.30. The molecule has 1 aromatic carbocycles. The van der Waals surface area contributed by atoms with Gasteiger partial charge >= 0.3 is 0 Å². The molecule has 5 rings (SSSR count). The average molecular weight is 377 g/mol. The maximum absolute atomic E-state index is 12.4. The van der Waals surface area contributed by atoms with Crippen LogP contribution >= 0.6 is 0 Å². The van der Waals surface area contributed by atoms with Gasteiger partial charge in [-0.05, 0) is 43.4 Å². The normalized spacial score (nSPS) is 20.0. The van der Waals surface area contributed by atoms with Crippen molar-refractivity contribution in [3.05, 3.63) is 51.6 Å². The molecule has 2 N–H and O–H groups in total. The summed E-state index contributed by atoms with van der Waals surface area (Å²) in [5.41, 5.74) is 4.19. The first-order valence-corrected chi connectivity index (χ1v) is 10.4. The molecule has 0 radical (unpaired) electrons. The summed E-state index contributed by atoms with van der Waals surface area (Å²) in [7, 11) is 0. The van der Waals surface area contributed by atoms with E-state index >= 15 is 0 Å². The first kappa shape index (κ1) is 17.5. The number of pyridine rings is 1. The van der Waals surface area contributed by atoms with Crippen molar-refractivity contribution in [3.63, 3.8) is 0 Å². The van der Waals surface area contributed by atoms with Crippen molar-refractivity contribution < 1.29 is 0 Å². The average Bonchev–Trinajstić information content (AvgIpc) is 2.75. The Morgan fingerprint density at radius 2 is 2.00 bits per heavy atom. The number of fused-ring (bicyclic) bond motifs is 3. The van der Waals surface area contributed by atoms with Crippen LogP contribution in [0.1, 0.15) is 30.4 Å². The first-order chi connectivity index (χ1) is 13.8. The molecule has 0 aliphatic carbocycles. The van der Waals surface area contributed by atoms with Gasteiger partial charge < -0.3 is 15.2 Å². The lowest BCUT2D eigenvalue weighted by molar-refractivity contribution is 0.151. The van der Waals surface area contributed by atoms with E-state index in [1.54, 1.807) is 0 Å². The van der Waals surface area contributed by atoms with Gasteiger partial charge in [0, 0.05) is 56.4 Å². The van der Waals surface area contributed by atoms with Gasteiger partial charge in [0.1, 0.15) is 5.82 Å². The zero-order chi connectivity index (χ0) is 18.9. The standard InChI is InChI=1S/C22H27N5O/c28-22-18-4-3-9-24-21(18)17-7-6-16(14-19(17)25-22)15-26-10-12-27(13-11-26)20-5-1-2-8-23-20/h5-8,14,24H,1-4,9-13,15H2,(H,25,28). The highest BCUT2D eigenvalue weighted by atomic mass is 16.1. The van der Waals surface area contributed by atoms with Crippen molar-refractivity contribution in [2.24, 2.45) is 4.99 Å². The zero-order valence-corrected chi connectivity index (χ0v) is 16.2. The molecular formula is C22H27N5O. The topological polar surface area (TPSA) is 63.7 Å². The van der Waals surface area contributed by atoms with Gasteiger partial charge in [0.2, 0.25) is 0 Å². The zero-order valence-electron chi connectivity index (χ0n) is 16.2. The third-order valence-corrected chi connectivity index (χ3v) is 6.03. The Labute approximate surface area is 164 Å². The molecule has 3 aliphatic heterocycles. The largest absolute Gasteiger partial charge is 0.384 e. The van der Waals surface area contributed by atoms with Crippen molar-refractivity contribution >= 4 is 22.8 Å². The van der Waals surface area contributed by atoms with E-state index in [9.17, 15) is 4.79 Å². The molecule has 4 heterocycles. The maximum atomic E-state index is 12.4. The fraction of sp³-hybridized carbons (Fsp3) is 0.455. The number of aromatic amines is 1. The number of allylic oxidation sites excluding steroid dienone is 1. The quantitative estimate of drug-likeness (QED) is 0.863. The summed E-state index contributed by atoms with van der Waals surface area (Å²) in [5.74, 6) is 1.14. The lowest BCUT2D eigenvalue weighted by atomic mass is 10.0. The first-order valence-electron chi connectivity index (χ1n) is 10.4. The fourth-order valence-electron chi connectivity index (χ4n) is 4.51. The minimum Gasteiger partial charge on any atom is -0.384 e. The molecule has 6 heteroatoms. The van der Waals surface area contributed by atoms with Crippen molar-refractivity contribution in [1.82, 2.24) is 14.8 Å². The number of rotatable bonds is 3. The summed E-state index contributed by atoms with van der Waals surface area (Å²) in [6.45, 7) is 5.97. The van der Waals surface area contributed by atoms with E-state index in [0.29, 0.717) is 0 Å². The minimum atomic E-state index is 0.0572. The van der Waals surface area contributed by atoms with Crippen molar-refractivity contribution in [1.29, 1.82) is 0 Å². The molecule has 3 aliphatic rings. The highest BCUT2D eigenvalue weighted by molar-refractivity contribution is 5.93. The summed E-state index contributed by atoms with van der Waals surface area (Å²) in [5, 5.41) is 4.56. The van der Waals surface area contributed by atoms with Gasteiger partial charge in [-0.25, -0.2) is 4.99 Å². The SMILES string of the molecule is O=c1[nH]c2cc(CN3CCN(C4=CCCC=N4)CC3)ccc2c2c1CCCN2. The van der Waals surface area contributed by atoms with E-state index in [1.165, 1.54) is 5.56 Å². The fourth-order valence-corrected chi connectivity index (χ4v) is 4.51. The van der Waals surface area contributed by atoms with E-state index in [2.05, 4.69) is 49.4 Å². The van der Waals surface area contributed by atoms with Gasteiger partial charge in [0.15, 0.2) is 0 Å². The minimum absolute atomic E-state index is 0.0572. The van der Waals surface area contributed by atoms with Crippen LogP contribution in [0.4, 0.5) is 5.69 Å². The molecule has 0 saturated carbocycles. The Kier molecular flexibility index (Phi) is 4.64. The number of H-pyrrole nitrogens is 1. The molecule has 28 heavy (non-hydrogen) atoms. The Morgan fingerprint density at radius 1 is 1.11 bits per heavy atom. The molecular weight excluding hydrogens is 350 g/mol. The van der Waals surface area contributed by atoms with Gasteiger partial charge in [0.05, 0.1) is 11.2 Å². The predicted octanol–water partition coefficient (Wildman–Crippen LogP) is 2.71. The lowest BCUT2D eigenvalue weighted by Crippen LogP contribution is -2.45. The Morgan fingerprint density at radius 3 is 2.82 bits per heavy atom. The number of aliphatic imine (C=N–C) groups is 1. The highest BCUT2D eigenvalue weighted by Crippen LogP contribution is 2.28. The second kappa shape index (κ2) is 7.43.